The van der Waals surface area contributed by atoms with Crippen molar-refractivity contribution in [1.82, 2.24) is 0 Å². The summed E-state index contributed by atoms with van der Waals surface area (Å²) < 4.78 is 10.7. The van der Waals surface area contributed by atoms with Crippen molar-refractivity contribution in [3.05, 3.63) is 0 Å². The van der Waals surface area contributed by atoms with E-state index in [1.165, 1.54) is 19.3 Å². The lowest BCUT2D eigenvalue weighted by Gasteiger charge is -2.24. The molecular weight excluding hydrogens is 204 g/mol. The average molecular weight is 232 g/mol. The van der Waals surface area contributed by atoms with Crippen molar-refractivity contribution in [3.8, 4) is 0 Å². The Morgan fingerprint density at radius 1 is 1.12 bits per heavy atom. The standard InChI is InChI=1S/C13H28O3/c1-4-5-6-9-13(16-11-15-3)12(2)8-7-10-14/h12-14H,4-11H2,1-3H3/t12-,13+/m0/s1. The SMILES string of the molecule is CCCCC[C@@H](OCOC)[C@@H](C)CCCO. The lowest BCUT2D eigenvalue weighted by Crippen LogP contribution is -2.23. The van der Waals surface area contributed by atoms with Crippen molar-refractivity contribution < 1.29 is 14.6 Å². The van der Waals surface area contributed by atoms with Gasteiger partial charge in [-0.05, 0) is 25.2 Å². The van der Waals surface area contributed by atoms with Crippen LogP contribution in [0.25, 0.3) is 0 Å². The smallest absolute Gasteiger partial charge is 0.146 e. The highest BCUT2D eigenvalue weighted by molar-refractivity contribution is 4.66. The predicted octanol–water partition coefficient (Wildman–Crippen LogP) is 2.96. The first-order valence-corrected chi connectivity index (χ1v) is 6.47. The molecule has 0 rings (SSSR count). The van der Waals surface area contributed by atoms with Gasteiger partial charge in [-0.1, -0.05) is 33.1 Å². The van der Waals surface area contributed by atoms with E-state index in [1.54, 1.807) is 7.11 Å². The van der Waals surface area contributed by atoms with Crippen LogP contribution in [0.15, 0.2) is 0 Å². The van der Waals surface area contributed by atoms with Crippen LogP contribution in [0.2, 0.25) is 0 Å². The minimum Gasteiger partial charge on any atom is -0.396 e. The maximum Gasteiger partial charge on any atom is 0.146 e. The summed E-state index contributed by atoms with van der Waals surface area (Å²) in [5, 5.41) is 8.82. The largest absolute Gasteiger partial charge is 0.396 e. The van der Waals surface area contributed by atoms with E-state index >= 15 is 0 Å². The van der Waals surface area contributed by atoms with E-state index in [-0.39, 0.29) is 12.7 Å². The first-order chi connectivity index (χ1) is 7.76. The Labute approximate surface area is 100 Å². The zero-order valence-corrected chi connectivity index (χ0v) is 11.1. The second-order valence-electron chi connectivity index (χ2n) is 4.45. The highest BCUT2D eigenvalue weighted by Crippen LogP contribution is 2.19. The maximum absolute atomic E-state index is 8.82. The van der Waals surface area contributed by atoms with E-state index in [1.807, 2.05) is 0 Å². The predicted molar refractivity (Wildman–Crippen MR) is 66.4 cm³/mol. The van der Waals surface area contributed by atoms with E-state index in [0.29, 0.717) is 12.7 Å². The first kappa shape index (κ1) is 15.9. The lowest BCUT2D eigenvalue weighted by molar-refractivity contribution is -0.0934. The molecule has 3 nitrogen and oxygen atoms in total. The average Bonchev–Trinajstić information content (AvgIpc) is 2.30. The number of hydrogen-bond acceptors (Lipinski definition) is 3. The molecule has 0 heterocycles. The number of unbranched alkanes of at least 4 members (excludes halogenated alkanes) is 2. The summed E-state index contributed by atoms with van der Waals surface area (Å²) in [5.74, 6) is 0.499. The van der Waals surface area contributed by atoms with Gasteiger partial charge in [-0.2, -0.15) is 0 Å². The zero-order valence-electron chi connectivity index (χ0n) is 11.1. The molecule has 0 aliphatic rings. The molecule has 0 unspecified atom stereocenters. The molecule has 1 N–H and O–H groups in total. The molecule has 0 fully saturated rings. The molecule has 16 heavy (non-hydrogen) atoms. The molecule has 3 heteroatoms. The summed E-state index contributed by atoms with van der Waals surface area (Å²) in [6, 6.07) is 0. The minimum absolute atomic E-state index is 0.274. The minimum atomic E-state index is 0.274. The summed E-state index contributed by atoms with van der Waals surface area (Å²) in [7, 11) is 1.65. The second kappa shape index (κ2) is 11.4. The van der Waals surface area contributed by atoms with Crippen molar-refractivity contribution in [1.29, 1.82) is 0 Å². The molecule has 0 saturated heterocycles. The van der Waals surface area contributed by atoms with Crippen LogP contribution < -0.4 is 0 Å². The van der Waals surface area contributed by atoms with Crippen LogP contribution >= 0.6 is 0 Å². The number of hydrogen-bond donors (Lipinski definition) is 1. The number of aliphatic hydroxyl groups is 1. The maximum atomic E-state index is 8.82. The number of ether oxygens (including phenoxy) is 2. The van der Waals surface area contributed by atoms with Crippen molar-refractivity contribution in [2.75, 3.05) is 20.5 Å². The highest BCUT2D eigenvalue weighted by Gasteiger charge is 2.17. The molecule has 0 amide bonds. The second-order valence-corrected chi connectivity index (χ2v) is 4.45. The van der Waals surface area contributed by atoms with Crippen LogP contribution in [0.5, 0.6) is 0 Å². The van der Waals surface area contributed by atoms with Crippen LogP contribution in [0.1, 0.15) is 52.4 Å². The quantitative estimate of drug-likeness (QED) is 0.439. The fraction of sp³-hybridized carbons (Fsp3) is 1.00. The van der Waals surface area contributed by atoms with Gasteiger partial charge in [0.25, 0.3) is 0 Å². The van der Waals surface area contributed by atoms with Crippen LogP contribution in [-0.4, -0.2) is 31.7 Å². The molecule has 0 aliphatic carbocycles. The van der Waals surface area contributed by atoms with Crippen molar-refractivity contribution >= 4 is 0 Å². The van der Waals surface area contributed by atoms with E-state index < -0.39 is 0 Å². The molecule has 0 spiro atoms. The zero-order chi connectivity index (χ0) is 12.2. The van der Waals surface area contributed by atoms with Crippen molar-refractivity contribution in [2.45, 2.75) is 58.5 Å². The molecule has 0 saturated carbocycles. The van der Waals surface area contributed by atoms with Gasteiger partial charge in [0, 0.05) is 13.7 Å². The fourth-order valence-corrected chi connectivity index (χ4v) is 1.88. The number of rotatable bonds is 11. The Balaban J connectivity index is 3.86. The molecule has 0 radical (unpaired) electrons. The highest BCUT2D eigenvalue weighted by atomic mass is 16.7. The van der Waals surface area contributed by atoms with Crippen LogP contribution in [0.4, 0.5) is 0 Å². The monoisotopic (exact) mass is 232 g/mol. The van der Waals surface area contributed by atoms with Gasteiger partial charge in [0.1, 0.15) is 6.79 Å². The third-order valence-corrected chi connectivity index (χ3v) is 2.94. The molecule has 0 bridgehead atoms. The van der Waals surface area contributed by atoms with Crippen LogP contribution in [0.3, 0.4) is 0 Å². The normalized spacial score (nSPS) is 15.0. The Morgan fingerprint density at radius 2 is 1.88 bits per heavy atom. The molecule has 0 aromatic heterocycles. The van der Waals surface area contributed by atoms with E-state index in [0.717, 1.165) is 19.3 Å². The Hall–Kier alpha value is -0.120. The molecule has 0 aliphatic heterocycles. The van der Waals surface area contributed by atoms with E-state index in [9.17, 15) is 0 Å². The van der Waals surface area contributed by atoms with Gasteiger partial charge in [-0.25, -0.2) is 0 Å². The Bertz CT molecular complexity index is 139. The van der Waals surface area contributed by atoms with Crippen LogP contribution in [-0.2, 0) is 9.47 Å². The van der Waals surface area contributed by atoms with Gasteiger partial charge in [0.05, 0.1) is 6.10 Å². The van der Waals surface area contributed by atoms with E-state index in [4.69, 9.17) is 14.6 Å². The summed E-state index contributed by atoms with van der Waals surface area (Å²) >= 11 is 0. The molecular formula is C13H28O3. The lowest BCUT2D eigenvalue weighted by atomic mass is 9.94. The summed E-state index contributed by atoms with van der Waals surface area (Å²) in [6.45, 7) is 5.05. The van der Waals surface area contributed by atoms with Gasteiger partial charge in [0.15, 0.2) is 0 Å². The van der Waals surface area contributed by atoms with Crippen LogP contribution in [0, 0.1) is 5.92 Å². The molecule has 0 aromatic rings. The third kappa shape index (κ3) is 8.08. The van der Waals surface area contributed by atoms with E-state index in [2.05, 4.69) is 13.8 Å². The van der Waals surface area contributed by atoms with Gasteiger partial charge in [-0.15, -0.1) is 0 Å². The van der Waals surface area contributed by atoms with Crippen molar-refractivity contribution in [2.24, 2.45) is 5.92 Å². The first-order valence-electron chi connectivity index (χ1n) is 6.47. The Kier molecular flexibility index (Phi) is 11.3. The third-order valence-electron chi connectivity index (χ3n) is 2.94. The molecule has 2 atom stereocenters. The molecule has 98 valence electrons. The molecule has 0 aromatic carbocycles. The van der Waals surface area contributed by atoms with Gasteiger partial charge >= 0.3 is 0 Å². The fourth-order valence-electron chi connectivity index (χ4n) is 1.88. The number of methoxy groups -OCH3 is 1. The van der Waals surface area contributed by atoms with Gasteiger partial charge < -0.3 is 14.6 Å². The summed E-state index contributed by atoms with van der Waals surface area (Å²) in [5.41, 5.74) is 0. The van der Waals surface area contributed by atoms with Gasteiger partial charge in [-0.3, -0.25) is 0 Å². The summed E-state index contributed by atoms with van der Waals surface area (Å²) in [6.07, 6.45) is 6.98. The summed E-state index contributed by atoms with van der Waals surface area (Å²) in [4.78, 5) is 0. The van der Waals surface area contributed by atoms with Gasteiger partial charge in [0.2, 0.25) is 0 Å². The van der Waals surface area contributed by atoms with Crippen molar-refractivity contribution in [3.63, 3.8) is 0 Å². The topological polar surface area (TPSA) is 38.7 Å². The Morgan fingerprint density at radius 3 is 2.44 bits per heavy atom. The number of aliphatic hydroxyl groups excluding tert-OH is 1.